The highest BCUT2D eigenvalue weighted by molar-refractivity contribution is 9.10. The summed E-state index contributed by atoms with van der Waals surface area (Å²) >= 11 is 3.11. The van der Waals surface area contributed by atoms with Crippen LogP contribution < -0.4 is 0 Å². The van der Waals surface area contributed by atoms with E-state index < -0.39 is 0 Å². The quantitative estimate of drug-likeness (QED) is 0.730. The third-order valence-corrected chi connectivity index (χ3v) is 2.48. The molecule has 3 heteroatoms. The fraction of sp³-hybridized carbons (Fsp3) is 0.273. The van der Waals surface area contributed by atoms with Crippen LogP contribution in [-0.2, 0) is 4.74 Å². The molecule has 1 aromatic carbocycles. The van der Waals surface area contributed by atoms with Crippen LogP contribution in [0.1, 0.15) is 19.4 Å². The minimum atomic E-state index is -0.279. The number of hydrogen-bond donors (Lipinski definition) is 0. The van der Waals surface area contributed by atoms with Gasteiger partial charge in [-0.2, -0.15) is 0 Å². The van der Waals surface area contributed by atoms with Crippen molar-refractivity contribution in [2.24, 2.45) is 0 Å². The highest BCUT2D eigenvalue weighted by Crippen LogP contribution is 2.23. The summed E-state index contributed by atoms with van der Waals surface area (Å²) in [5.41, 5.74) is 1.78. The number of hydrogen-bond acceptors (Lipinski definition) is 1. The van der Waals surface area contributed by atoms with Crippen molar-refractivity contribution in [1.82, 2.24) is 0 Å². The molecule has 0 heterocycles. The molecule has 76 valence electrons. The molecule has 0 radical (unpaired) electrons. The van der Waals surface area contributed by atoms with Crippen LogP contribution in [0.3, 0.4) is 0 Å². The first kappa shape index (κ1) is 11.2. The van der Waals surface area contributed by atoms with Crippen LogP contribution >= 0.6 is 15.9 Å². The van der Waals surface area contributed by atoms with Gasteiger partial charge in [0.1, 0.15) is 11.6 Å². The van der Waals surface area contributed by atoms with Crippen molar-refractivity contribution >= 4 is 21.7 Å². The van der Waals surface area contributed by atoms with Crippen LogP contribution in [0.25, 0.3) is 5.76 Å². The van der Waals surface area contributed by atoms with E-state index in [1.165, 1.54) is 6.07 Å². The average Bonchev–Trinajstić information content (AvgIpc) is 2.11. The summed E-state index contributed by atoms with van der Waals surface area (Å²) in [5.74, 6) is 0.440. The number of benzene rings is 1. The second kappa shape index (κ2) is 4.60. The Hall–Kier alpha value is -0.830. The third-order valence-electron chi connectivity index (χ3n) is 1.84. The molecule has 0 spiro atoms. The van der Waals surface area contributed by atoms with E-state index in [9.17, 15) is 4.39 Å². The van der Waals surface area contributed by atoms with Gasteiger partial charge in [-0.15, -0.1) is 0 Å². The van der Waals surface area contributed by atoms with Gasteiger partial charge >= 0.3 is 0 Å². The van der Waals surface area contributed by atoms with Crippen LogP contribution in [0.4, 0.5) is 4.39 Å². The van der Waals surface area contributed by atoms with Gasteiger partial charge in [0.25, 0.3) is 0 Å². The standard InChI is InChI=1S/C11H12BrFO/c1-7(2)11(14-3)8-4-5-9(12)10(13)6-8/h4-6H,1-3H3. The van der Waals surface area contributed by atoms with Crippen molar-refractivity contribution in [1.29, 1.82) is 0 Å². The predicted molar refractivity (Wildman–Crippen MR) is 59.4 cm³/mol. The number of ether oxygens (including phenoxy) is 1. The lowest BCUT2D eigenvalue weighted by atomic mass is 10.1. The summed E-state index contributed by atoms with van der Waals surface area (Å²) in [4.78, 5) is 0. The first-order valence-corrected chi connectivity index (χ1v) is 5.02. The summed E-state index contributed by atoms with van der Waals surface area (Å²) in [5, 5.41) is 0. The predicted octanol–water partition coefficient (Wildman–Crippen LogP) is 3.99. The van der Waals surface area contributed by atoms with Gasteiger partial charge in [-0.25, -0.2) is 4.39 Å². The van der Waals surface area contributed by atoms with Crippen molar-refractivity contribution in [2.45, 2.75) is 13.8 Å². The van der Waals surface area contributed by atoms with Crippen molar-refractivity contribution in [3.63, 3.8) is 0 Å². The van der Waals surface area contributed by atoms with Crippen molar-refractivity contribution in [2.75, 3.05) is 7.11 Å². The molecule has 1 rings (SSSR count). The van der Waals surface area contributed by atoms with Crippen LogP contribution in [0, 0.1) is 5.82 Å². The molecule has 0 aliphatic rings. The van der Waals surface area contributed by atoms with Gasteiger partial charge in [0.15, 0.2) is 0 Å². The topological polar surface area (TPSA) is 9.23 Å². The maximum absolute atomic E-state index is 13.2. The molecule has 0 saturated heterocycles. The zero-order valence-corrected chi connectivity index (χ0v) is 9.98. The van der Waals surface area contributed by atoms with E-state index in [2.05, 4.69) is 15.9 Å². The maximum atomic E-state index is 13.2. The van der Waals surface area contributed by atoms with Gasteiger partial charge in [-0.1, -0.05) is 0 Å². The average molecular weight is 259 g/mol. The monoisotopic (exact) mass is 258 g/mol. The van der Waals surface area contributed by atoms with E-state index in [1.54, 1.807) is 13.2 Å². The minimum Gasteiger partial charge on any atom is -0.496 e. The Morgan fingerprint density at radius 2 is 2.00 bits per heavy atom. The maximum Gasteiger partial charge on any atom is 0.138 e. The minimum absolute atomic E-state index is 0.279. The first-order chi connectivity index (χ1) is 6.56. The molecule has 0 saturated carbocycles. The van der Waals surface area contributed by atoms with Crippen LogP contribution in [0.2, 0.25) is 0 Å². The normalized spacial score (nSPS) is 9.79. The molecule has 0 aromatic heterocycles. The van der Waals surface area contributed by atoms with Gasteiger partial charge < -0.3 is 4.74 Å². The Labute approximate surface area is 91.7 Å². The summed E-state index contributed by atoms with van der Waals surface area (Å²) in [6.45, 7) is 3.86. The SMILES string of the molecule is COC(=C(C)C)c1ccc(Br)c(F)c1. The molecule has 0 aliphatic carbocycles. The fourth-order valence-corrected chi connectivity index (χ4v) is 1.49. The zero-order valence-electron chi connectivity index (χ0n) is 8.40. The molecule has 0 unspecified atom stereocenters. The molecule has 0 N–H and O–H groups in total. The molecule has 0 amide bonds. The molecular weight excluding hydrogens is 247 g/mol. The highest BCUT2D eigenvalue weighted by Gasteiger charge is 2.06. The first-order valence-electron chi connectivity index (χ1n) is 4.23. The van der Waals surface area contributed by atoms with E-state index in [0.717, 1.165) is 16.9 Å². The Morgan fingerprint density at radius 3 is 2.43 bits per heavy atom. The fourth-order valence-electron chi connectivity index (χ4n) is 1.25. The van der Waals surface area contributed by atoms with Gasteiger partial charge in [-0.3, -0.25) is 0 Å². The third kappa shape index (κ3) is 2.35. The van der Waals surface area contributed by atoms with Crippen LogP contribution in [-0.4, -0.2) is 7.11 Å². The zero-order chi connectivity index (χ0) is 10.7. The van der Waals surface area contributed by atoms with E-state index in [4.69, 9.17) is 4.74 Å². The summed E-state index contributed by atoms with van der Waals surface area (Å²) < 4.78 is 18.9. The van der Waals surface area contributed by atoms with Gasteiger partial charge in [-0.05, 0) is 53.5 Å². The largest absolute Gasteiger partial charge is 0.496 e. The van der Waals surface area contributed by atoms with Crippen LogP contribution in [0.5, 0.6) is 0 Å². The molecule has 1 nitrogen and oxygen atoms in total. The molecule has 0 fully saturated rings. The van der Waals surface area contributed by atoms with E-state index in [-0.39, 0.29) is 5.82 Å². The Balaban J connectivity index is 3.20. The lowest BCUT2D eigenvalue weighted by molar-refractivity contribution is 0.366. The molecule has 0 bridgehead atoms. The lowest BCUT2D eigenvalue weighted by Crippen LogP contribution is -1.91. The van der Waals surface area contributed by atoms with Crippen molar-refractivity contribution in [3.8, 4) is 0 Å². The van der Waals surface area contributed by atoms with Gasteiger partial charge in [0.05, 0.1) is 11.6 Å². The second-order valence-electron chi connectivity index (χ2n) is 3.16. The van der Waals surface area contributed by atoms with Gasteiger partial charge in [0.2, 0.25) is 0 Å². The smallest absolute Gasteiger partial charge is 0.138 e. The molecular formula is C11H12BrFO. The molecule has 0 atom stereocenters. The van der Waals surface area contributed by atoms with E-state index in [0.29, 0.717) is 4.47 Å². The van der Waals surface area contributed by atoms with Crippen molar-refractivity contribution < 1.29 is 9.13 Å². The number of methoxy groups -OCH3 is 1. The van der Waals surface area contributed by atoms with Crippen LogP contribution in [0.15, 0.2) is 28.2 Å². The summed E-state index contributed by atoms with van der Waals surface area (Å²) in [6, 6.07) is 4.95. The molecule has 14 heavy (non-hydrogen) atoms. The van der Waals surface area contributed by atoms with E-state index >= 15 is 0 Å². The Morgan fingerprint density at radius 1 is 1.36 bits per heavy atom. The number of allylic oxidation sites excluding steroid dienone is 1. The number of halogens is 2. The highest BCUT2D eigenvalue weighted by atomic mass is 79.9. The number of rotatable bonds is 2. The molecule has 1 aromatic rings. The lowest BCUT2D eigenvalue weighted by Gasteiger charge is -2.09. The van der Waals surface area contributed by atoms with Gasteiger partial charge in [0, 0.05) is 5.56 Å². The summed E-state index contributed by atoms with van der Waals surface area (Å²) in [6.07, 6.45) is 0. The van der Waals surface area contributed by atoms with E-state index in [1.807, 2.05) is 19.9 Å². The Kier molecular flexibility index (Phi) is 3.69. The summed E-state index contributed by atoms with van der Waals surface area (Å²) in [7, 11) is 1.59. The second-order valence-corrected chi connectivity index (χ2v) is 4.02. The Bertz CT molecular complexity index is 368. The van der Waals surface area contributed by atoms with Crippen molar-refractivity contribution in [3.05, 3.63) is 39.6 Å². The molecule has 0 aliphatic heterocycles.